The zero-order valence-corrected chi connectivity index (χ0v) is 13.9. The Bertz CT molecular complexity index is 458. The molecule has 1 aromatic rings. The summed E-state index contributed by atoms with van der Waals surface area (Å²) >= 11 is 0. The SMILES string of the molecule is CCC1(CC)CCN(c2cccc(F)c2C(C)NC)CC1. The predicted molar refractivity (Wildman–Crippen MR) is 88.3 cm³/mol. The van der Waals surface area contributed by atoms with Crippen LogP contribution in [0.5, 0.6) is 0 Å². The molecule has 1 heterocycles. The summed E-state index contributed by atoms with van der Waals surface area (Å²) in [5.74, 6) is -0.0998. The van der Waals surface area contributed by atoms with Gasteiger partial charge in [-0.1, -0.05) is 32.8 Å². The summed E-state index contributed by atoms with van der Waals surface area (Å²) in [4.78, 5) is 2.37. The van der Waals surface area contributed by atoms with E-state index in [2.05, 4.69) is 30.1 Å². The molecule has 0 radical (unpaired) electrons. The zero-order valence-electron chi connectivity index (χ0n) is 13.9. The summed E-state index contributed by atoms with van der Waals surface area (Å²) in [6.07, 6.45) is 4.92. The topological polar surface area (TPSA) is 15.3 Å². The second kappa shape index (κ2) is 6.78. The van der Waals surface area contributed by atoms with Crippen molar-refractivity contribution in [3.63, 3.8) is 0 Å². The normalized spacial score (nSPS) is 19.6. The lowest BCUT2D eigenvalue weighted by molar-refractivity contribution is 0.199. The number of hydrogen-bond donors (Lipinski definition) is 1. The molecule has 0 spiro atoms. The van der Waals surface area contributed by atoms with Gasteiger partial charge in [0.15, 0.2) is 0 Å². The number of benzene rings is 1. The van der Waals surface area contributed by atoms with E-state index in [4.69, 9.17) is 0 Å². The Hall–Kier alpha value is -1.09. The van der Waals surface area contributed by atoms with E-state index in [0.717, 1.165) is 24.3 Å². The van der Waals surface area contributed by atoms with Crippen molar-refractivity contribution in [3.05, 3.63) is 29.6 Å². The first-order valence-electron chi connectivity index (χ1n) is 8.27. The Morgan fingerprint density at radius 2 is 1.86 bits per heavy atom. The quantitative estimate of drug-likeness (QED) is 0.859. The molecule has 0 aromatic heterocycles. The molecule has 1 atom stereocenters. The van der Waals surface area contributed by atoms with Gasteiger partial charge in [0.1, 0.15) is 5.82 Å². The zero-order chi connectivity index (χ0) is 15.5. The summed E-state index contributed by atoms with van der Waals surface area (Å²) in [7, 11) is 1.89. The molecule has 0 bridgehead atoms. The molecule has 21 heavy (non-hydrogen) atoms. The second-order valence-corrected chi connectivity index (χ2v) is 6.38. The van der Waals surface area contributed by atoms with E-state index in [9.17, 15) is 4.39 Å². The fourth-order valence-corrected chi connectivity index (χ4v) is 3.55. The lowest BCUT2D eigenvalue weighted by Gasteiger charge is -2.42. The smallest absolute Gasteiger partial charge is 0.130 e. The van der Waals surface area contributed by atoms with Gasteiger partial charge in [-0.05, 0) is 44.4 Å². The molecule has 3 heteroatoms. The van der Waals surface area contributed by atoms with Crippen molar-refractivity contribution in [2.75, 3.05) is 25.0 Å². The molecule has 1 fully saturated rings. The molecule has 0 aliphatic carbocycles. The maximum absolute atomic E-state index is 14.3. The number of nitrogens with zero attached hydrogens (tertiary/aromatic N) is 1. The summed E-state index contributed by atoms with van der Waals surface area (Å²) in [6.45, 7) is 8.70. The molecule has 2 nitrogen and oxygen atoms in total. The van der Waals surface area contributed by atoms with Crippen LogP contribution in [0, 0.1) is 11.2 Å². The van der Waals surface area contributed by atoms with Crippen LogP contribution >= 0.6 is 0 Å². The molecule has 1 unspecified atom stereocenters. The molecule has 0 amide bonds. The first-order valence-corrected chi connectivity index (χ1v) is 8.27. The van der Waals surface area contributed by atoms with Crippen molar-refractivity contribution in [3.8, 4) is 0 Å². The largest absolute Gasteiger partial charge is 0.371 e. The fraction of sp³-hybridized carbons (Fsp3) is 0.667. The minimum Gasteiger partial charge on any atom is -0.371 e. The lowest BCUT2D eigenvalue weighted by Crippen LogP contribution is -2.40. The third-order valence-electron chi connectivity index (χ3n) is 5.56. The van der Waals surface area contributed by atoms with Gasteiger partial charge in [0.25, 0.3) is 0 Å². The van der Waals surface area contributed by atoms with Crippen LogP contribution in [0.3, 0.4) is 0 Å². The highest BCUT2D eigenvalue weighted by Crippen LogP contribution is 2.40. The molecular weight excluding hydrogens is 263 g/mol. The molecule has 2 rings (SSSR count). The van der Waals surface area contributed by atoms with Gasteiger partial charge in [-0.2, -0.15) is 0 Å². The standard InChI is InChI=1S/C18H29FN2/c1-5-18(6-2)10-12-21(13-11-18)16-9-7-8-15(19)17(16)14(3)20-4/h7-9,14,20H,5-6,10-13H2,1-4H3. The Morgan fingerprint density at radius 3 is 2.38 bits per heavy atom. The summed E-state index contributed by atoms with van der Waals surface area (Å²) in [6, 6.07) is 5.50. The Kier molecular flexibility index (Phi) is 5.26. The third kappa shape index (κ3) is 3.23. The van der Waals surface area contributed by atoms with Crippen molar-refractivity contribution < 1.29 is 4.39 Å². The van der Waals surface area contributed by atoms with Crippen LogP contribution < -0.4 is 10.2 Å². The van der Waals surface area contributed by atoms with E-state index in [0.29, 0.717) is 5.41 Å². The van der Waals surface area contributed by atoms with E-state index >= 15 is 0 Å². The molecule has 1 aliphatic rings. The molecule has 118 valence electrons. The van der Waals surface area contributed by atoms with Gasteiger partial charge in [0.2, 0.25) is 0 Å². The van der Waals surface area contributed by atoms with Gasteiger partial charge in [-0.15, -0.1) is 0 Å². The maximum atomic E-state index is 14.3. The summed E-state index contributed by atoms with van der Waals surface area (Å²) in [5.41, 5.74) is 2.37. The van der Waals surface area contributed by atoms with Gasteiger partial charge in [-0.3, -0.25) is 0 Å². The summed E-state index contributed by atoms with van der Waals surface area (Å²) in [5, 5.41) is 3.17. The number of anilines is 1. The lowest BCUT2D eigenvalue weighted by atomic mass is 9.74. The van der Waals surface area contributed by atoms with E-state index in [1.165, 1.54) is 25.7 Å². The maximum Gasteiger partial charge on any atom is 0.130 e. The van der Waals surface area contributed by atoms with Crippen LogP contribution in [-0.4, -0.2) is 20.1 Å². The van der Waals surface area contributed by atoms with E-state index in [-0.39, 0.29) is 11.9 Å². The van der Waals surface area contributed by atoms with Crippen LogP contribution in [0.4, 0.5) is 10.1 Å². The van der Waals surface area contributed by atoms with Crippen LogP contribution in [-0.2, 0) is 0 Å². The minimum absolute atomic E-state index is 0.0326. The van der Waals surface area contributed by atoms with Crippen LogP contribution in [0.25, 0.3) is 0 Å². The van der Waals surface area contributed by atoms with Crippen molar-refractivity contribution in [2.24, 2.45) is 5.41 Å². The molecule has 1 aromatic carbocycles. The van der Waals surface area contributed by atoms with Gasteiger partial charge in [0.05, 0.1) is 0 Å². The Labute approximate surface area is 128 Å². The number of hydrogen-bond acceptors (Lipinski definition) is 2. The Balaban J connectivity index is 2.23. The van der Waals surface area contributed by atoms with Gasteiger partial charge in [-0.25, -0.2) is 4.39 Å². The average molecular weight is 292 g/mol. The first-order chi connectivity index (χ1) is 10.1. The number of nitrogens with one attached hydrogen (secondary N) is 1. The molecule has 1 N–H and O–H groups in total. The van der Waals surface area contributed by atoms with Crippen LogP contribution in [0.1, 0.15) is 58.1 Å². The highest BCUT2D eigenvalue weighted by molar-refractivity contribution is 5.56. The first kappa shape index (κ1) is 16.3. The minimum atomic E-state index is -0.0998. The van der Waals surface area contributed by atoms with Gasteiger partial charge >= 0.3 is 0 Å². The second-order valence-electron chi connectivity index (χ2n) is 6.38. The van der Waals surface area contributed by atoms with Crippen LogP contribution in [0.15, 0.2) is 18.2 Å². The van der Waals surface area contributed by atoms with Crippen molar-refractivity contribution in [2.45, 2.75) is 52.5 Å². The monoisotopic (exact) mass is 292 g/mol. The molecule has 1 aliphatic heterocycles. The molecule has 1 saturated heterocycles. The van der Waals surface area contributed by atoms with Gasteiger partial charge in [0, 0.05) is 30.4 Å². The highest BCUT2D eigenvalue weighted by atomic mass is 19.1. The predicted octanol–water partition coefficient (Wildman–Crippen LogP) is 4.51. The number of rotatable bonds is 5. The van der Waals surface area contributed by atoms with E-state index in [1.807, 2.05) is 20.0 Å². The average Bonchev–Trinajstić information content (AvgIpc) is 2.54. The number of halogens is 1. The van der Waals surface area contributed by atoms with E-state index < -0.39 is 0 Å². The summed E-state index contributed by atoms with van der Waals surface area (Å²) < 4.78 is 14.3. The fourth-order valence-electron chi connectivity index (χ4n) is 3.55. The Morgan fingerprint density at radius 1 is 1.24 bits per heavy atom. The van der Waals surface area contributed by atoms with Crippen molar-refractivity contribution in [1.82, 2.24) is 5.32 Å². The van der Waals surface area contributed by atoms with Crippen LogP contribution in [0.2, 0.25) is 0 Å². The third-order valence-corrected chi connectivity index (χ3v) is 5.56. The molecule has 0 saturated carbocycles. The molecular formula is C18H29FN2. The van der Waals surface area contributed by atoms with E-state index in [1.54, 1.807) is 6.07 Å². The highest BCUT2D eigenvalue weighted by Gasteiger charge is 2.32. The van der Waals surface area contributed by atoms with Crippen molar-refractivity contribution >= 4 is 5.69 Å². The number of piperidine rings is 1. The van der Waals surface area contributed by atoms with Gasteiger partial charge < -0.3 is 10.2 Å². The van der Waals surface area contributed by atoms with Crippen molar-refractivity contribution in [1.29, 1.82) is 0 Å².